The summed E-state index contributed by atoms with van der Waals surface area (Å²) in [6, 6.07) is 14.1. The third kappa shape index (κ3) is 3.10. The Hall–Kier alpha value is -0.846. The van der Waals surface area contributed by atoms with Gasteiger partial charge in [-0.2, -0.15) is 0 Å². The van der Waals surface area contributed by atoms with E-state index in [1.807, 2.05) is 0 Å². The number of fused-ring (bicyclic) bond motifs is 3. The molecule has 0 radical (unpaired) electrons. The molecule has 0 aliphatic heterocycles. The molecule has 0 N–H and O–H groups in total. The van der Waals surface area contributed by atoms with Crippen LogP contribution >= 0.6 is 0 Å². The van der Waals surface area contributed by atoms with Crippen LogP contribution in [0.2, 0.25) is 0 Å². The molecule has 0 bridgehead atoms. The molecule has 2 aromatic carbocycles. The zero-order chi connectivity index (χ0) is 15.4. The summed E-state index contributed by atoms with van der Waals surface area (Å²) >= 11 is 0. The molecule has 0 saturated heterocycles. The molecule has 0 heterocycles. The van der Waals surface area contributed by atoms with Crippen LogP contribution in [-0.4, -0.2) is 0 Å². The Morgan fingerprint density at radius 1 is 0.636 bits per heavy atom. The van der Waals surface area contributed by atoms with Gasteiger partial charge in [0.2, 0.25) is 0 Å². The monoisotopic (exact) mass is 326 g/mol. The molecule has 0 amide bonds. The maximum absolute atomic E-state index is 2.41. The molecule has 0 nitrogen and oxygen atoms in total. The molecule has 114 valence electrons. The fourth-order valence-corrected chi connectivity index (χ4v) is 3.10. The molecular weight excluding hydrogens is 300 g/mol. The van der Waals surface area contributed by atoms with Gasteiger partial charge in [-0.25, -0.2) is 0 Å². The van der Waals surface area contributed by atoms with E-state index in [2.05, 4.69) is 77.9 Å². The Morgan fingerprint density at radius 2 is 1.00 bits per heavy atom. The van der Waals surface area contributed by atoms with Gasteiger partial charge in [-0.3, -0.25) is 0 Å². The van der Waals surface area contributed by atoms with Crippen molar-refractivity contribution in [2.24, 2.45) is 0 Å². The van der Waals surface area contributed by atoms with E-state index in [4.69, 9.17) is 0 Å². The Balaban J connectivity index is 0.00000176. The van der Waals surface area contributed by atoms with Gasteiger partial charge in [0.15, 0.2) is 0 Å². The third-order valence-corrected chi connectivity index (χ3v) is 4.62. The van der Waals surface area contributed by atoms with E-state index in [9.17, 15) is 0 Å². The van der Waals surface area contributed by atoms with Gasteiger partial charge in [-0.1, -0.05) is 77.9 Å². The molecule has 0 fully saturated rings. The molecule has 3 rings (SSSR count). The minimum atomic E-state index is 0. The Kier molecular flexibility index (Phi) is 4.50. The van der Waals surface area contributed by atoms with Crippen LogP contribution < -0.4 is 0 Å². The first-order valence-electron chi connectivity index (χ1n) is 7.93. The summed E-state index contributed by atoms with van der Waals surface area (Å²) in [5.74, 6) is 0. The summed E-state index contributed by atoms with van der Waals surface area (Å²) in [5, 5.41) is 0. The van der Waals surface area contributed by atoms with Crippen LogP contribution in [0.5, 0.6) is 0 Å². The molecule has 1 aliphatic rings. The van der Waals surface area contributed by atoms with Crippen LogP contribution in [0.1, 0.15) is 63.8 Å². The van der Waals surface area contributed by atoms with E-state index in [0.29, 0.717) is 0 Å². The summed E-state index contributed by atoms with van der Waals surface area (Å²) in [7, 11) is 0. The fraction of sp³-hybridized carbons (Fsp3) is 0.429. The quantitative estimate of drug-likeness (QED) is 0.455. The molecule has 0 saturated carbocycles. The predicted octanol–water partition coefficient (Wildman–Crippen LogP) is 5.85. The topological polar surface area (TPSA) is 0 Å². The van der Waals surface area contributed by atoms with Gasteiger partial charge in [0.1, 0.15) is 0 Å². The fourth-order valence-electron chi connectivity index (χ4n) is 3.10. The minimum absolute atomic E-state index is 0. The number of hydrogen-bond acceptors (Lipinski definition) is 0. The Morgan fingerprint density at radius 3 is 1.32 bits per heavy atom. The van der Waals surface area contributed by atoms with E-state index in [1.165, 1.54) is 33.4 Å². The van der Waals surface area contributed by atoms with Gasteiger partial charge < -0.3 is 0 Å². The van der Waals surface area contributed by atoms with E-state index < -0.39 is 0 Å². The van der Waals surface area contributed by atoms with E-state index >= 15 is 0 Å². The summed E-state index contributed by atoms with van der Waals surface area (Å²) in [5.41, 5.74) is 9.12. The van der Waals surface area contributed by atoms with Gasteiger partial charge >= 0.3 is 0 Å². The summed E-state index contributed by atoms with van der Waals surface area (Å²) in [6.07, 6.45) is 1.08. The van der Waals surface area contributed by atoms with Crippen LogP contribution in [-0.2, 0) is 39.0 Å². The van der Waals surface area contributed by atoms with Crippen molar-refractivity contribution in [3.63, 3.8) is 0 Å². The average molecular weight is 326 g/mol. The molecule has 1 heteroatoms. The van der Waals surface area contributed by atoms with E-state index in [0.717, 1.165) is 6.42 Å². The first kappa shape index (κ1) is 17.5. The first-order valence-corrected chi connectivity index (χ1v) is 7.93. The standard InChI is InChI=1S/C21H26.Ti/c1-20(2,3)16-9-7-14-11-15-8-10-17(21(4,5)6)13-19(15)18(14)12-16;/h7-10,12-13H,11H2,1-6H3;. The van der Waals surface area contributed by atoms with E-state index in [1.54, 1.807) is 0 Å². The van der Waals surface area contributed by atoms with Crippen molar-refractivity contribution in [1.29, 1.82) is 0 Å². The molecule has 2 aromatic rings. The molecule has 0 aromatic heterocycles. The van der Waals surface area contributed by atoms with Gasteiger partial charge in [0, 0.05) is 21.7 Å². The first-order chi connectivity index (χ1) is 9.66. The molecule has 1 aliphatic carbocycles. The number of benzene rings is 2. The third-order valence-electron chi connectivity index (χ3n) is 4.62. The largest absolute Gasteiger partial charge is 0.0582 e. The molecule has 0 spiro atoms. The molecule has 0 unspecified atom stereocenters. The smallest absolute Gasteiger partial charge is 0 e. The Labute approximate surface area is 150 Å². The van der Waals surface area contributed by atoms with Crippen molar-refractivity contribution >= 4 is 0 Å². The second-order valence-electron chi connectivity index (χ2n) is 8.42. The van der Waals surface area contributed by atoms with Gasteiger partial charge in [0.05, 0.1) is 0 Å². The maximum atomic E-state index is 2.41. The molecular formula is C21H26Ti. The van der Waals surface area contributed by atoms with Crippen LogP contribution in [0.3, 0.4) is 0 Å². The van der Waals surface area contributed by atoms with Crippen LogP contribution in [0.4, 0.5) is 0 Å². The summed E-state index contributed by atoms with van der Waals surface area (Å²) in [4.78, 5) is 0. The van der Waals surface area contributed by atoms with Crippen LogP contribution in [0.15, 0.2) is 36.4 Å². The zero-order valence-corrected chi connectivity index (χ0v) is 16.2. The molecule has 0 atom stereocenters. The second-order valence-corrected chi connectivity index (χ2v) is 8.42. The van der Waals surface area contributed by atoms with Crippen molar-refractivity contribution in [2.45, 2.75) is 58.8 Å². The van der Waals surface area contributed by atoms with Crippen LogP contribution in [0.25, 0.3) is 11.1 Å². The second kappa shape index (κ2) is 5.66. The normalized spacial score (nSPS) is 13.4. The summed E-state index contributed by atoms with van der Waals surface area (Å²) in [6.45, 7) is 13.7. The van der Waals surface area contributed by atoms with Gasteiger partial charge in [-0.15, -0.1) is 0 Å². The van der Waals surface area contributed by atoms with Crippen molar-refractivity contribution in [1.82, 2.24) is 0 Å². The van der Waals surface area contributed by atoms with Crippen molar-refractivity contribution < 1.29 is 21.7 Å². The summed E-state index contributed by atoms with van der Waals surface area (Å²) < 4.78 is 0. The van der Waals surface area contributed by atoms with Crippen molar-refractivity contribution in [2.75, 3.05) is 0 Å². The number of hydrogen-bond donors (Lipinski definition) is 0. The van der Waals surface area contributed by atoms with Crippen molar-refractivity contribution in [3.05, 3.63) is 58.7 Å². The zero-order valence-electron chi connectivity index (χ0n) is 14.7. The SMILES string of the molecule is CC(C)(C)c1ccc2c(c1)-c1cc(C(C)(C)C)ccc1C2.[Ti]. The average Bonchev–Trinajstić information content (AvgIpc) is 2.73. The van der Waals surface area contributed by atoms with Crippen molar-refractivity contribution in [3.8, 4) is 11.1 Å². The minimum Gasteiger partial charge on any atom is -0.0582 e. The predicted molar refractivity (Wildman–Crippen MR) is 92.1 cm³/mol. The van der Waals surface area contributed by atoms with Crippen LogP contribution in [0, 0.1) is 0 Å². The Bertz CT molecular complexity index is 635. The molecule has 22 heavy (non-hydrogen) atoms. The van der Waals surface area contributed by atoms with E-state index in [-0.39, 0.29) is 32.5 Å². The van der Waals surface area contributed by atoms with Gasteiger partial charge in [0.25, 0.3) is 0 Å². The van der Waals surface area contributed by atoms with Gasteiger partial charge in [-0.05, 0) is 50.6 Å². The maximum Gasteiger partial charge on any atom is 0 e. The number of rotatable bonds is 0.